The van der Waals surface area contributed by atoms with Crippen LogP contribution in [0.1, 0.15) is 15.9 Å². The Bertz CT molecular complexity index is 1030. The van der Waals surface area contributed by atoms with E-state index in [0.717, 1.165) is 11.1 Å². The van der Waals surface area contributed by atoms with E-state index in [2.05, 4.69) is 15.4 Å². The number of hydrogen-bond acceptors (Lipinski definition) is 4. The van der Waals surface area contributed by atoms with Gasteiger partial charge in [0.05, 0.1) is 17.6 Å². The van der Waals surface area contributed by atoms with Crippen molar-refractivity contribution in [2.45, 2.75) is 6.54 Å². The highest BCUT2D eigenvalue weighted by Crippen LogP contribution is 2.24. The first kappa shape index (κ1) is 17.9. The Kier molecular flexibility index (Phi) is 5.46. The molecule has 130 valence electrons. The third-order valence-electron chi connectivity index (χ3n) is 3.69. The first-order valence-corrected chi connectivity index (χ1v) is 8.53. The molecule has 2 aromatic carbocycles. The van der Waals surface area contributed by atoms with Gasteiger partial charge in [-0.05, 0) is 42.0 Å². The van der Waals surface area contributed by atoms with Crippen LogP contribution >= 0.6 is 23.8 Å². The van der Waals surface area contributed by atoms with Crippen molar-refractivity contribution in [2.75, 3.05) is 6.54 Å². The van der Waals surface area contributed by atoms with Gasteiger partial charge in [-0.3, -0.25) is 14.6 Å². The van der Waals surface area contributed by atoms with Crippen LogP contribution in [-0.4, -0.2) is 27.2 Å². The fourth-order valence-electron chi connectivity index (χ4n) is 2.40. The summed E-state index contributed by atoms with van der Waals surface area (Å²) in [7, 11) is 0. The molecule has 0 aliphatic heterocycles. The summed E-state index contributed by atoms with van der Waals surface area (Å²) in [6, 6.07) is 16.3. The number of benzene rings is 2. The highest BCUT2D eigenvalue weighted by Gasteiger charge is 2.09. The highest BCUT2D eigenvalue weighted by atomic mass is 35.5. The molecular formula is C18H14ClN5OS. The van der Waals surface area contributed by atoms with Crippen molar-refractivity contribution in [2.24, 2.45) is 0 Å². The molecule has 26 heavy (non-hydrogen) atoms. The Morgan fingerprint density at radius 2 is 2.00 bits per heavy atom. The lowest BCUT2D eigenvalue weighted by atomic mass is 10.1. The molecule has 0 spiro atoms. The van der Waals surface area contributed by atoms with Gasteiger partial charge in [-0.2, -0.15) is 10.2 Å². The van der Waals surface area contributed by atoms with Crippen LogP contribution in [0.2, 0.25) is 5.02 Å². The summed E-state index contributed by atoms with van der Waals surface area (Å²) in [4.78, 5) is 16.2. The molecule has 0 saturated heterocycles. The zero-order valence-corrected chi connectivity index (χ0v) is 15.1. The SMILES string of the molecule is N#CCNC(=O)c1ccc(Cn2[nH]c(-c3ccccc3Cl)nc2=S)cc1. The number of nitrogens with zero attached hydrogens (tertiary/aromatic N) is 3. The van der Waals surface area contributed by atoms with E-state index in [1.54, 1.807) is 22.9 Å². The summed E-state index contributed by atoms with van der Waals surface area (Å²) in [6.07, 6.45) is 0. The minimum atomic E-state index is -0.280. The second-order valence-corrected chi connectivity index (χ2v) is 6.23. The number of aromatic nitrogens is 3. The van der Waals surface area contributed by atoms with E-state index in [1.807, 2.05) is 36.4 Å². The van der Waals surface area contributed by atoms with Crippen molar-refractivity contribution in [1.82, 2.24) is 20.1 Å². The molecule has 3 rings (SSSR count). The molecule has 2 N–H and O–H groups in total. The van der Waals surface area contributed by atoms with E-state index in [0.29, 0.717) is 27.7 Å². The van der Waals surface area contributed by atoms with Crippen LogP contribution in [0, 0.1) is 16.1 Å². The molecule has 0 atom stereocenters. The zero-order valence-electron chi connectivity index (χ0n) is 13.6. The monoisotopic (exact) mass is 383 g/mol. The predicted octanol–water partition coefficient (Wildman–Crippen LogP) is 3.56. The van der Waals surface area contributed by atoms with E-state index in [1.165, 1.54) is 0 Å². The van der Waals surface area contributed by atoms with Crippen LogP contribution in [0.15, 0.2) is 48.5 Å². The Hall–Kier alpha value is -2.95. The number of aromatic amines is 1. The van der Waals surface area contributed by atoms with E-state index in [9.17, 15) is 4.79 Å². The smallest absolute Gasteiger partial charge is 0.252 e. The summed E-state index contributed by atoms with van der Waals surface area (Å²) >= 11 is 11.5. The number of rotatable bonds is 5. The number of hydrogen-bond donors (Lipinski definition) is 2. The van der Waals surface area contributed by atoms with Gasteiger partial charge >= 0.3 is 0 Å². The van der Waals surface area contributed by atoms with Crippen molar-refractivity contribution in [3.8, 4) is 17.5 Å². The molecule has 1 heterocycles. The molecule has 1 aromatic heterocycles. The minimum absolute atomic E-state index is 0.0191. The average molecular weight is 384 g/mol. The van der Waals surface area contributed by atoms with Crippen LogP contribution in [0.4, 0.5) is 0 Å². The van der Waals surface area contributed by atoms with Crippen LogP contribution < -0.4 is 5.32 Å². The molecular weight excluding hydrogens is 370 g/mol. The standard InChI is InChI=1S/C18H14ClN5OS/c19-15-4-2-1-3-14(15)16-22-18(26)24(23-16)11-12-5-7-13(8-6-12)17(25)21-10-9-20/h1-8H,10-11H2,(H,21,25)(H,22,23,26). The molecule has 3 aromatic rings. The van der Waals surface area contributed by atoms with Crippen LogP contribution in [0.5, 0.6) is 0 Å². The number of H-pyrrole nitrogens is 1. The lowest BCUT2D eigenvalue weighted by Crippen LogP contribution is -2.23. The number of halogens is 1. The van der Waals surface area contributed by atoms with Gasteiger partial charge in [0.25, 0.3) is 5.91 Å². The third-order valence-corrected chi connectivity index (χ3v) is 4.33. The van der Waals surface area contributed by atoms with Gasteiger partial charge in [0.15, 0.2) is 5.82 Å². The summed E-state index contributed by atoms with van der Waals surface area (Å²) < 4.78 is 2.15. The number of amides is 1. The highest BCUT2D eigenvalue weighted by molar-refractivity contribution is 7.71. The first-order valence-electron chi connectivity index (χ1n) is 7.74. The predicted molar refractivity (Wildman–Crippen MR) is 101 cm³/mol. The van der Waals surface area contributed by atoms with Gasteiger partial charge in [-0.1, -0.05) is 35.9 Å². The molecule has 6 nitrogen and oxygen atoms in total. The summed E-state index contributed by atoms with van der Waals surface area (Å²) in [5, 5.41) is 14.8. The van der Waals surface area contributed by atoms with E-state index in [-0.39, 0.29) is 12.5 Å². The maximum atomic E-state index is 11.8. The maximum Gasteiger partial charge on any atom is 0.252 e. The number of carbonyl (C=O) groups is 1. The Morgan fingerprint density at radius 3 is 2.69 bits per heavy atom. The average Bonchev–Trinajstić information content (AvgIpc) is 3.01. The van der Waals surface area contributed by atoms with Crippen molar-refractivity contribution in [3.05, 3.63) is 69.5 Å². The summed E-state index contributed by atoms with van der Waals surface area (Å²) in [5.41, 5.74) is 2.23. The largest absolute Gasteiger partial charge is 0.339 e. The van der Waals surface area contributed by atoms with Crippen molar-refractivity contribution >= 4 is 29.7 Å². The quantitative estimate of drug-likeness (QED) is 0.521. The molecule has 0 aliphatic rings. The number of nitriles is 1. The molecule has 0 bridgehead atoms. The van der Waals surface area contributed by atoms with Gasteiger partial charge < -0.3 is 5.32 Å². The molecule has 0 radical (unpaired) electrons. The molecule has 0 unspecified atom stereocenters. The molecule has 0 aliphatic carbocycles. The second-order valence-electron chi connectivity index (χ2n) is 5.46. The zero-order chi connectivity index (χ0) is 18.5. The van der Waals surface area contributed by atoms with Crippen LogP contribution in [0.25, 0.3) is 11.4 Å². The molecule has 1 amide bonds. The van der Waals surface area contributed by atoms with Crippen molar-refractivity contribution in [3.63, 3.8) is 0 Å². The van der Waals surface area contributed by atoms with Crippen LogP contribution in [0.3, 0.4) is 0 Å². The van der Waals surface area contributed by atoms with Gasteiger partial charge in [0.1, 0.15) is 6.54 Å². The van der Waals surface area contributed by atoms with E-state index >= 15 is 0 Å². The summed E-state index contributed by atoms with van der Waals surface area (Å²) in [6.45, 7) is 0.463. The first-order chi connectivity index (χ1) is 12.6. The van der Waals surface area contributed by atoms with Gasteiger partial charge in [0, 0.05) is 11.1 Å². The van der Waals surface area contributed by atoms with E-state index in [4.69, 9.17) is 29.1 Å². The number of nitrogens with one attached hydrogen (secondary N) is 2. The van der Waals surface area contributed by atoms with Gasteiger partial charge in [-0.25, -0.2) is 0 Å². The van der Waals surface area contributed by atoms with Crippen molar-refractivity contribution < 1.29 is 4.79 Å². The Labute approximate surface area is 160 Å². The second kappa shape index (κ2) is 7.95. The maximum absolute atomic E-state index is 11.8. The third kappa shape index (κ3) is 3.99. The van der Waals surface area contributed by atoms with Gasteiger partial charge in [-0.15, -0.1) is 0 Å². The normalized spacial score (nSPS) is 10.3. The van der Waals surface area contributed by atoms with Crippen LogP contribution in [-0.2, 0) is 6.54 Å². The summed E-state index contributed by atoms with van der Waals surface area (Å²) in [5.74, 6) is 0.324. The lowest BCUT2D eigenvalue weighted by molar-refractivity contribution is 0.0958. The molecule has 0 fully saturated rings. The Balaban J connectivity index is 1.78. The van der Waals surface area contributed by atoms with Crippen molar-refractivity contribution in [1.29, 1.82) is 5.26 Å². The fourth-order valence-corrected chi connectivity index (χ4v) is 2.83. The lowest BCUT2D eigenvalue weighted by Gasteiger charge is -2.05. The fraction of sp³-hybridized carbons (Fsp3) is 0.111. The number of carbonyl (C=O) groups excluding carboxylic acids is 1. The van der Waals surface area contributed by atoms with E-state index < -0.39 is 0 Å². The minimum Gasteiger partial charge on any atom is -0.339 e. The molecule has 0 saturated carbocycles. The Morgan fingerprint density at radius 1 is 1.27 bits per heavy atom. The topological polar surface area (TPSA) is 86.5 Å². The van der Waals surface area contributed by atoms with Gasteiger partial charge in [0.2, 0.25) is 4.77 Å². The molecule has 8 heteroatoms.